The average molecular weight is 531 g/mol. The van der Waals surface area contributed by atoms with Gasteiger partial charge in [-0.05, 0) is 71.4 Å². The molecule has 6 nitrogen and oxygen atoms in total. The van der Waals surface area contributed by atoms with Gasteiger partial charge in [-0.3, -0.25) is 4.79 Å². The van der Waals surface area contributed by atoms with Crippen LogP contribution in [0.5, 0.6) is 5.75 Å². The number of hydrogen-bond acceptors (Lipinski definition) is 4. The van der Waals surface area contributed by atoms with E-state index in [4.69, 9.17) is 9.15 Å². The SMILES string of the molecule is COc1ccc(-n2cc(/C=N\NC(=O)c3cc4cc(Br)cc(Br)c4o3)cc2C)cc1. The number of carbonyl (C=O) groups excluding carboxylic acids is 1. The highest BCUT2D eigenvalue weighted by molar-refractivity contribution is 9.11. The molecule has 0 saturated heterocycles. The first-order chi connectivity index (χ1) is 14.4. The number of carbonyl (C=O) groups is 1. The molecular weight excluding hydrogens is 514 g/mol. The fourth-order valence-corrected chi connectivity index (χ4v) is 4.44. The molecule has 152 valence electrons. The van der Waals surface area contributed by atoms with Gasteiger partial charge in [0, 0.05) is 33.0 Å². The van der Waals surface area contributed by atoms with Crippen LogP contribution in [0, 0.1) is 6.92 Å². The number of nitrogens with one attached hydrogen (secondary N) is 1. The number of hydrogen-bond donors (Lipinski definition) is 1. The van der Waals surface area contributed by atoms with Crippen molar-refractivity contribution in [2.75, 3.05) is 7.11 Å². The van der Waals surface area contributed by atoms with Crippen molar-refractivity contribution in [2.45, 2.75) is 6.92 Å². The van der Waals surface area contributed by atoms with Gasteiger partial charge in [-0.25, -0.2) is 5.43 Å². The number of amides is 1. The summed E-state index contributed by atoms with van der Waals surface area (Å²) in [6.07, 6.45) is 3.54. The topological polar surface area (TPSA) is 68.8 Å². The first kappa shape index (κ1) is 20.4. The normalized spacial score (nSPS) is 11.3. The van der Waals surface area contributed by atoms with Crippen LogP contribution in [0.3, 0.4) is 0 Å². The molecule has 4 aromatic rings. The van der Waals surface area contributed by atoms with E-state index in [9.17, 15) is 4.79 Å². The lowest BCUT2D eigenvalue weighted by Crippen LogP contribution is -2.16. The molecule has 0 unspecified atom stereocenters. The third-order valence-electron chi connectivity index (χ3n) is 4.52. The largest absolute Gasteiger partial charge is 0.497 e. The van der Waals surface area contributed by atoms with Crippen LogP contribution in [0.15, 0.2) is 73.2 Å². The number of aryl methyl sites for hydroxylation is 1. The molecule has 2 aromatic carbocycles. The predicted molar refractivity (Wildman–Crippen MR) is 124 cm³/mol. The molecule has 1 N–H and O–H groups in total. The molecule has 0 saturated carbocycles. The molecule has 1 amide bonds. The van der Waals surface area contributed by atoms with Gasteiger partial charge in [-0.1, -0.05) is 15.9 Å². The van der Waals surface area contributed by atoms with Crippen LogP contribution >= 0.6 is 31.9 Å². The van der Waals surface area contributed by atoms with Crippen LogP contribution in [-0.4, -0.2) is 23.8 Å². The molecule has 0 atom stereocenters. The van der Waals surface area contributed by atoms with Gasteiger partial charge in [-0.2, -0.15) is 5.10 Å². The summed E-state index contributed by atoms with van der Waals surface area (Å²) in [5.74, 6) is 0.572. The number of methoxy groups -OCH3 is 1. The minimum Gasteiger partial charge on any atom is -0.497 e. The van der Waals surface area contributed by atoms with Crippen LogP contribution in [0.2, 0.25) is 0 Å². The van der Waals surface area contributed by atoms with Crippen LogP contribution in [-0.2, 0) is 0 Å². The van der Waals surface area contributed by atoms with Gasteiger partial charge in [0.25, 0.3) is 0 Å². The maximum absolute atomic E-state index is 12.4. The standard InChI is InChI=1S/C22H17Br2N3O3/c1-13-7-14(12-27(13)17-3-5-18(29-2)6-4-17)11-25-26-22(28)20-9-15-8-16(23)10-19(24)21(15)30-20/h3-12H,1-2H3,(H,26,28)/b25-11-. The van der Waals surface area contributed by atoms with E-state index in [0.717, 1.165) is 37.0 Å². The number of furan rings is 1. The molecule has 0 aliphatic rings. The van der Waals surface area contributed by atoms with Gasteiger partial charge in [0.2, 0.25) is 0 Å². The molecule has 30 heavy (non-hydrogen) atoms. The molecule has 8 heteroatoms. The zero-order valence-corrected chi connectivity index (χ0v) is 19.3. The first-order valence-electron chi connectivity index (χ1n) is 9.00. The van der Waals surface area contributed by atoms with E-state index >= 15 is 0 Å². The lowest BCUT2D eigenvalue weighted by molar-refractivity contribution is 0.0929. The summed E-state index contributed by atoms with van der Waals surface area (Å²) >= 11 is 6.86. The van der Waals surface area contributed by atoms with Crippen molar-refractivity contribution in [2.24, 2.45) is 5.10 Å². The van der Waals surface area contributed by atoms with Gasteiger partial charge < -0.3 is 13.7 Å². The van der Waals surface area contributed by atoms with E-state index in [1.54, 1.807) is 19.4 Å². The second-order valence-corrected chi connectivity index (χ2v) is 8.37. The third kappa shape index (κ3) is 4.20. The maximum Gasteiger partial charge on any atom is 0.307 e. The van der Waals surface area contributed by atoms with Crippen molar-refractivity contribution < 1.29 is 13.9 Å². The fourth-order valence-electron chi connectivity index (χ4n) is 3.10. The van der Waals surface area contributed by atoms with Crippen LogP contribution in [0.25, 0.3) is 16.7 Å². The number of hydrazone groups is 1. The molecule has 4 rings (SSSR count). The van der Waals surface area contributed by atoms with Crippen molar-refractivity contribution in [3.05, 3.63) is 80.7 Å². The minimum atomic E-state index is -0.420. The van der Waals surface area contributed by atoms with Crippen molar-refractivity contribution in [1.29, 1.82) is 0 Å². The molecule has 0 bridgehead atoms. The Hall–Kier alpha value is -2.84. The summed E-state index contributed by atoms with van der Waals surface area (Å²) in [5.41, 5.74) is 6.03. The lowest BCUT2D eigenvalue weighted by Gasteiger charge is -2.06. The van der Waals surface area contributed by atoms with Gasteiger partial charge in [-0.15, -0.1) is 0 Å². The van der Waals surface area contributed by atoms with Crippen molar-refractivity contribution in [3.8, 4) is 11.4 Å². The highest BCUT2D eigenvalue weighted by Crippen LogP contribution is 2.31. The summed E-state index contributed by atoms with van der Waals surface area (Å²) in [5, 5.41) is 4.88. The summed E-state index contributed by atoms with van der Waals surface area (Å²) in [6, 6.07) is 15.2. The summed E-state index contributed by atoms with van der Waals surface area (Å²) in [4.78, 5) is 12.4. The number of ether oxygens (including phenoxy) is 1. The number of benzene rings is 2. The maximum atomic E-state index is 12.4. The Morgan fingerprint density at radius 2 is 1.93 bits per heavy atom. The number of nitrogens with zero attached hydrogens (tertiary/aromatic N) is 2. The Bertz CT molecular complexity index is 1260. The number of halogens is 2. The first-order valence-corrected chi connectivity index (χ1v) is 10.6. The third-order valence-corrected chi connectivity index (χ3v) is 5.57. The van der Waals surface area contributed by atoms with Crippen LogP contribution < -0.4 is 10.2 Å². The molecular formula is C22H17Br2N3O3. The Balaban J connectivity index is 1.48. The van der Waals surface area contributed by atoms with Crippen molar-refractivity contribution in [1.82, 2.24) is 9.99 Å². The number of aromatic nitrogens is 1. The van der Waals surface area contributed by atoms with E-state index in [2.05, 4.69) is 42.4 Å². The molecule has 0 fully saturated rings. The smallest absolute Gasteiger partial charge is 0.307 e. The summed E-state index contributed by atoms with van der Waals surface area (Å²) in [6.45, 7) is 2.00. The second-order valence-electron chi connectivity index (χ2n) is 6.60. The highest BCUT2D eigenvalue weighted by atomic mass is 79.9. The van der Waals surface area contributed by atoms with E-state index in [1.807, 2.05) is 60.2 Å². The number of fused-ring (bicyclic) bond motifs is 1. The second kappa shape index (κ2) is 8.49. The molecule has 0 radical (unpaired) electrons. The van der Waals surface area contributed by atoms with Gasteiger partial charge in [0.15, 0.2) is 5.76 Å². The molecule has 0 spiro atoms. The Kier molecular flexibility index (Phi) is 5.78. The fraction of sp³-hybridized carbons (Fsp3) is 0.0909. The van der Waals surface area contributed by atoms with E-state index in [-0.39, 0.29) is 5.76 Å². The Morgan fingerprint density at radius 3 is 2.67 bits per heavy atom. The van der Waals surface area contributed by atoms with Crippen molar-refractivity contribution in [3.63, 3.8) is 0 Å². The van der Waals surface area contributed by atoms with E-state index in [1.165, 1.54) is 0 Å². The molecule has 0 aliphatic heterocycles. The minimum absolute atomic E-state index is 0.188. The molecule has 2 heterocycles. The van der Waals surface area contributed by atoms with Gasteiger partial charge in [0.1, 0.15) is 11.3 Å². The Morgan fingerprint density at radius 1 is 1.17 bits per heavy atom. The summed E-state index contributed by atoms with van der Waals surface area (Å²) in [7, 11) is 1.64. The zero-order valence-electron chi connectivity index (χ0n) is 16.1. The van der Waals surface area contributed by atoms with Gasteiger partial charge >= 0.3 is 5.91 Å². The molecule has 0 aliphatic carbocycles. The zero-order chi connectivity index (χ0) is 21.3. The highest BCUT2D eigenvalue weighted by Gasteiger charge is 2.14. The van der Waals surface area contributed by atoms with Crippen LogP contribution in [0.4, 0.5) is 0 Å². The average Bonchev–Trinajstić information content (AvgIpc) is 3.32. The van der Waals surface area contributed by atoms with E-state index < -0.39 is 5.91 Å². The molecule has 2 aromatic heterocycles. The van der Waals surface area contributed by atoms with Gasteiger partial charge in [0.05, 0.1) is 17.8 Å². The summed E-state index contributed by atoms with van der Waals surface area (Å²) < 4.78 is 14.6. The monoisotopic (exact) mass is 529 g/mol. The quantitative estimate of drug-likeness (QED) is 0.261. The number of rotatable bonds is 5. The Labute approximate surface area is 189 Å². The predicted octanol–water partition coefficient (Wildman–Crippen LogP) is 5.83. The van der Waals surface area contributed by atoms with Crippen molar-refractivity contribution >= 4 is 55.0 Å². The van der Waals surface area contributed by atoms with Crippen LogP contribution in [0.1, 0.15) is 21.8 Å². The lowest BCUT2D eigenvalue weighted by atomic mass is 10.2. The van der Waals surface area contributed by atoms with E-state index in [0.29, 0.717) is 5.58 Å².